The average Bonchev–Trinajstić information content (AvgIpc) is 2.62. The number of carbonyl (C=O) groups excluding carboxylic acids is 1. The van der Waals surface area contributed by atoms with Crippen molar-refractivity contribution in [1.29, 1.82) is 0 Å². The minimum atomic E-state index is -0.759. The largest absolute Gasteiger partial charge is 0.479 e. The van der Waals surface area contributed by atoms with Crippen molar-refractivity contribution in [3.05, 3.63) is 75.1 Å². The van der Waals surface area contributed by atoms with Gasteiger partial charge in [0.25, 0.3) is 5.91 Å². The summed E-state index contributed by atoms with van der Waals surface area (Å²) < 4.78 is 10.9. The molecule has 0 bridgehead atoms. The lowest BCUT2D eigenvalue weighted by molar-refractivity contribution is -0.127. The van der Waals surface area contributed by atoms with Crippen molar-refractivity contribution < 1.29 is 13.9 Å². The van der Waals surface area contributed by atoms with Gasteiger partial charge in [-0.05, 0) is 31.0 Å². The van der Waals surface area contributed by atoms with Crippen LogP contribution in [0.2, 0.25) is 5.02 Å². The number of rotatable bonds is 5. The van der Waals surface area contributed by atoms with Gasteiger partial charge in [0, 0.05) is 24.1 Å². The summed E-state index contributed by atoms with van der Waals surface area (Å²) in [6, 6.07) is 14.2. The first-order valence-electron chi connectivity index (χ1n) is 8.16. The number of benzene rings is 2. The molecule has 1 aromatic heterocycles. The number of nitrogens with one attached hydrogen (secondary N) is 1. The van der Waals surface area contributed by atoms with Crippen molar-refractivity contribution in [2.45, 2.75) is 26.5 Å². The molecular weight excluding hydrogens is 354 g/mol. The maximum Gasteiger partial charge on any atom is 0.336 e. The molecule has 0 aliphatic rings. The second-order valence-electron chi connectivity index (χ2n) is 5.99. The molecule has 6 heteroatoms. The highest BCUT2D eigenvalue weighted by Gasteiger charge is 2.17. The van der Waals surface area contributed by atoms with E-state index in [1.54, 1.807) is 19.9 Å². The van der Waals surface area contributed by atoms with Gasteiger partial charge in [-0.25, -0.2) is 4.79 Å². The van der Waals surface area contributed by atoms with Gasteiger partial charge in [-0.2, -0.15) is 0 Å². The number of halogens is 1. The smallest absolute Gasteiger partial charge is 0.336 e. The molecule has 0 saturated carbocycles. The SMILES string of the molecule is Cc1cc(=O)oc2cc(OC(C)C(=O)NCc3ccccc3)c(Cl)cc12. The molecule has 0 fully saturated rings. The van der Waals surface area contributed by atoms with Gasteiger partial charge in [-0.1, -0.05) is 41.9 Å². The summed E-state index contributed by atoms with van der Waals surface area (Å²) in [6.45, 7) is 3.84. The van der Waals surface area contributed by atoms with E-state index < -0.39 is 11.7 Å². The lowest BCUT2D eigenvalue weighted by Gasteiger charge is -2.16. The summed E-state index contributed by atoms with van der Waals surface area (Å²) in [6.07, 6.45) is -0.759. The third kappa shape index (κ3) is 4.06. The second-order valence-corrected chi connectivity index (χ2v) is 6.40. The number of hydrogen-bond acceptors (Lipinski definition) is 4. The van der Waals surface area contributed by atoms with Crippen LogP contribution in [-0.2, 0) is 11.3 Å². The Balaban J connectivity index is 1.74. The number of amides is 1. The Morgan fingerprint density at radius 1 is 1.23 bits per heavy atom. The fraction of sp³-hybridized carbons (Fsp3) is 0.200. The predicted octanol–water partition coefficient (Wildman–Crippen LogP) is 3.84. The van der Waals surface area contributed by atoms with Crippen LogP contribution in [0.3, 0.4) is 0 Å². The standard InChI is InChI=1S/C20H18ClNO4/c1-12-8-19(23)26-17-10-18(16(21)9-15(12)17)25-13(2)20(24)22-11-14-6-4-3-5-7-14/h3-10,13H,11H2,1-2H3,(H,22,24). The lowest BCUT2D eigenvalue weighted by atomic mass is 10.1. The van der Waals surface area contributed by atoms with Gasteiger partial charge < -0.3 is 14.5 Å². The summed E-state index contributed by atoms with van der Waals surface area (Å²) in [5, 5.41) is 3.88. The van der Waals surface area contributed by atoms with Crippen molar-refractivity contribution in [1.82, 2.24) is 5.32 Å². The molecule has 1 atom stereocenters. The second kappa shape index (κ2) is 7.62. The molecule has 1 N–H and O–H groups in total. The zero-order valence-electron chi connectivity index (χ0n) is 14.4. The molecule has 3 rings (SSSR count). The Morgan fingerprint density at radius 2 is 1.96 bits per heavy atom. The van der Waals surface area contributed by atoms with E-state index in [9.17, 15) is 9.59 Å². The Labute approximate surface area is 155 Å². The van der Waals surface area contributed by atoms with Crippen molar-refractivity contribution in [2.75, 3.05) is 0 Å². The van der Waals surface area contributed by atoms with E-state index in [2.05, 4.69) is 5.32 Å². The van der Waals surface area contributed by atoms with Gasteiger partial charge >= 0.3 is 5.63 Å². The molecule has 5 nitrogen and oxygen atoms in total. The number of carbonyl (C=O) groups is 1. The molecule has 1 unspecified atom stereocenters. The fourth-order valence-corrected chi connectivity index (χ4v) is 2.79. The third-order valence-corrected chi connectivity index (χ3v) is 4.28. The van der Waals surface area contributed by atoms with Crippen molar-refractivity contribution in [3.8, 4) is 5.75 Å². The van der Waals surface area contributed by atoms with Gasteiger partial charge in [0.1, 0.15) is 11.3 Å². The summed E-state index contributed by atoms with van der Waals surface area (Å²) in [4.78, 5) is 23.8. The van der Waals surface area contributed by atoms with Gasteiger partial charge in [0.2, 0.25) is 0 Å². The van der Waals surface area contributed by atoms with Crippen LogP contribution in [-0.4, -0.2) is 12.0 Å². The quantitative estimate of drug-likeness (QED) is 0.692. The van der Waals surface area contributed by atoms with E-state index in [1.807, 2.05) is 30.3 Å². The zero-order valence-corrected chi connectivity index (χ0v) is 15.2. The maximum atomic E-state index is 12.3. The monoisotopic (exact) mass is 371 g/mol. The first kappa shape index (κ1) is 18.0. The van der Waals surface area contributed by atoms with Crippen LogP contribution in [0.1, 0.15) is 18.1 Å². The van der Waals surface area contributed by atoms with E-state index in [4.69, 9.17) is 20.8 Å². The van der Waals surface area contributed by atoms with Gasteiger partial charge in [0.05, 0.1) is 5.02 Å². The summed E-state index contributed by atoms with van der Waals surface area (Å²) in [5.41, 5.74) is 1.68. The first-order chi connectivity index (χ1) is 12.4. The van der Waals surface area contributed by atoms with E-state index in [1.165, 1.54) is 12.1 Å². The molecule has 1 heterocycles. The Kier molecular flexibility index (Phi) is 5.28. The van der Waals surface area contributed by atoms with E-state index >= 15 is 0 Å². The molecule has 0 radical (unpaired) electrons. The van der Waals surface area contributed by atoms with Crippen LogP contribution in [0.25, 0.3) is 11.0 Å². The number of fused-ring (bicyclic) bond motifs is 1. The summed E-state index contributed by atoms with van der Waals surface area (Å²) >= 11 is 6.26. The van der Waals surface area contributed by atoms with Crippen molar-refractivity contribution in [3.63, 3.8) is 0 Å². The van der Waals surface area contributed by atoms with Crippen LogP contribution in [0.15, 0.2) is 57.7 Å². The van der Waals surface area contributed by atoms with Crippen molar-refractivity contribution in [2.24, 2.45) is 0 Å². The molecule has 0 saturated heterocycles. The number of hydrogen-bond donors (Lipinski definition) is 1. The van der Waals surface area contributed by atoms with Crippen LogP contribution in [0, 0.1) is 6.92 Å². The molecule has 0 spiro atoms. The van der Waals surface area contributed by atoms with Gasteiger partial charge in [0.15, 0.2) is 6.10 Å². The minimum Gasteiger partial charge on any atom is -0.479 e. The van der Waals surface area contributed by atoms with Crippen molar-refractivity contribution >= 4 is 28.5 Å². The number of ether oxygens (including phenoxy) is 1. The van der Waals surface area contributed by atoms with Crippen LogP contribution < -0.4 is 15.7 Å². The number of aryl methyl sites for hydroxylation is 1. The maximum absolute atomic E-state index is 12.3. The lowest BCUT2D eigenvalue weighted by Crippen LogP contribution is -2.35. The molecule has 1 amide bonds. The van der Waals surface area contributed by atoms with E-state index in [0.29, 0.717) is 17.2 Å². The van der Waals surface area contributed by atoms with Gasteiger partial charge in [-0.15, -0.1) is 0 Å². The summed E-state index contributed by atoms with van der Waals surface area (Å²) in [5.74, 6) is 0.0194. The highest BCUT2D eigenvalue weighted by atomic mass is 35.5. The normalized spacial score (nSPS) is 12.0. The first-order valence-corrected chi connectivity index (χ1v) is 8.54. The topological polar surface area (TPSA) is 68.5 Å². The van der Waals surface area contributed by atoms with Crippen LogP contribution in [0.5, 0.6) is 5.75 Å². The Bertz CT molecular complexity index is 998. The van der Waals surface area contributed by atoms with Gasteiger partial charge in [-0.3, -0.25) is 4.79 Å². The van der Waals surface area contributed by atoms with E-state index in [0.717, 1.165) is 16.5 Å². The minimum absolute atomic E-state index is 0.268. The molecule has 0 aliphatic heterocycles. The third-order valence-electron chi connectivity index (χ3n) is 3.99. The van der Waals surface area contributed by atoms with Crippen LogP contribution in [0.4, 0.5) is 0 Å². The molecule has 134 valence electrons. The molecule has 3 aromatic rings. The molecule has 26 heavy (non-hydrogen) atoms. The predicted molar refractivity (Wildman–Crippen MR) is 101 cm³/mol. The Morgan fingerprint density at radius 3 is 2.69 bits per heavy atom. The Hall–Kier alpha value is -2.79. The fourth-order valence-electron chi connectivity index (χ4n) is 2.58. The molecule has 2 aromatic carbocycles. The molecular formula is C20H18ClNO4. The highest BCUT2D eigenvalue weighted by molar-refractivity contribution is 6.32. The average molecular weight is 372 g/mol. The van der Waals surface area contributed by atoms with E-state index in [-0.39, 0.29) is 11.7 Å². The van der Waals surface area contributed by atoms with Crippen LogP contribution >= 0.6 is 11.6 Å². The highest BCUT2D eigenvalue weighted by Crippen LogP contribution is 2.31. The molecule has 0 aliphatic carbocycles. The zero-order chi connectivity index (χ0) is 18.7. The summed E-state index contributed by atoms with van der Waals surface area (Å²) in [7, 11) is 0.